The molecule has 2 aromatic carbocycles. The Kier molecular flexibility index (Phi) is 7.69. The number of aryl methyl sites for hydroxylation is 1. The largest absolute Gasteiger partial charge is 0.379 e. The smallest absolute Gasteiger partial charge is 0.243 e. The molecule has 0 spiro atoms. The van der Waals surface area contributed by atoms with E-state index in [2.05, 4.69) is 22.3 Å². The third kappa shape index (κ3) is 6.53. The van der Waals surface area contributed by atoms with Gasteiger partial charge in [-0.05, 0) is 37.1 Å². The first-order valence-electron chi connectivity index (χ1n) is 10.5. The minimum atomic E-state index is -3.62. The SMILES string of the molecule is Cc1ccc(N([C@H](C)C(=O)NCc2ccc(CN3CCOCC3)cc2)S(C)(=O)=O)cc1. The number of amides is 1. The highest BCUT2D eigenvalue weighted by atomic mass is 32.2. The van der Waals surface area contributed by atoms with E-state index in [4.69, 9.17) is 4.74 Å². The van der Waals surface area contributed by atoms with Crippen LogP contribution >= 0.6 is 0 Å². The summed E-state index contributed by atoms with van der Waals surface area (Å²) in [6.45, 7) is 8.17. The molecular formula is C23H31N3O4S. The Morgan fingerprint density at radius 3 is 2.23 bits per heavy atom. The normalized spacial score (nSPS) is 16.0. The molecular weight excluding hydrogens is 414 g/mol. The van der Waals surface area contributed by atoms with Crippen LogP contribution in [0.15, 0.2) is 48.5 Å². The summed E-state index contributed by atoms with van der Waals surface area (Å²) < 4.78 is 31.3. The highest BCUT2D eigenvalue weighted by molar-refractivity contribution is 7.92. The Bertz CT molecular complexity index is 969. The topological polar surface area (TPSA) is 79.0 Å². The van der Waals surface area contributed by atoms with Crippen LogP contribution in [0.4, 0.5) is 5.69 Å². The van der Waals surface area contributed by atoms with Crippen LogP contribution in [-0.2, 0) is 32.6 Å². The van der Waals surface area contributed by atoms with Crippen molar-refractivity contribution < 1.29 is 17.9 Å². The number of rotatable bonds is 8. The van der Waals surface area contributed by atoms with E-state index < -0.39 is 16.1 Å². The van der Waals surface area contributed by atoms with Crippen molar-refractivity contribution in [1.29, 1.82) is 0 Å². The standard InChI is InChI=1S/C23H31N3O4S/c1-18-4-10-22(11-5-18)26(31(3,28)29)19(2)23(27)24-16-20-6-8-21(9-7-20)17-25-12-14-30-15-13-25/h4-11,19H,12-17H2,1-3H3,(H,24,27)/t19-/m1/s1. The molecule has 0 bridgehead atoms. The molecule has 2 aromatic rings. The lowest BCUT2D eigenvalue weighted by molar-refractivity contribution is -0.122. The fraction of sp³-hybridized carbons (Fsp3) is 0.435. The summed E-state index contributed by atoms with van der Waals surface area (Å²) in [7, 11) is -3.62. The molecule has 1 aliphatic heterocycles. The van der Waals surface area contributed by atoms with Crippen LogP contribution in [0.5, 0.6) is 0 Å². The number of carbonyl (C=O) groups excluding carboxylic acids is 1. The molecule has 1 N–H and O–H groups in total. The summed E-state index contributed by atoms with van der Waals surface area (Å²) in [5.74, 6) is -0.344. The molecule has 31 heavy (non-hydrogen) atoms. The van der Waals surface area contributed by atoms with Crippen molar-refractivity contribution in [1.82, 2.24) is 10.2 Å². The molecule has 0 aliphatic carbocycles. The van der Waals surface area contributed by atoms with Crippen molar-refractivity contribution in [3.05, 3.63) is 65.2 Å². The molecule has 7 nitrogen and oxygen atoms in total. The molecule has 1 fully saturated rings. The fourth-order valence-electron chi connectivity index (χ4n) is 3.62. The van der Waals surface area contributed by atoms with Gasteiger partial charge in [0.2, 0.25) is 15.9 Å². The third-order valence-corrected chi connectivity index (χ3v) is 6.62. The maximum atomic E-state index is 12.7. The van der Waals surface area contributed by atoms with Gasteiger partial charge < -0.3 is 10.1 Å². The zero-order valence-corrected chi connectivity index (χ0v) is 19.2. The lowest BCUT2D eigenvalue weighted by Gasteiger charge is -2.28. The number of morpholine rings is 1. The first-order chi connectivity index (χ1) is 14.7. The molecule has 3 rings (SSSR count). The number of nitrogens with one attached hydrogen (secondary N) is 1. The van der Waals surface area contributed by atoms with Crippen molar-refractivity contribution in [2.45, 2.75) is 33.0 Å². The number of sulfonamides is 1. The lowest BCUT2D eigenvalue weighted by Crippen LogP contribution is -2.47. The second kappa shape index (κ2) is 10.3. The molecule has 8 heteroatoms. The van der Waals surface area contributed by atoms with Gasteiger partial charge in [-0.1, -0.05) is 42.0 Å². The molecule has 0 saturated carbocycles. The molecule has 1 atom stereocenters. The maximum absolute atomic E-state index is 12.7. The number of benzene rings is 2. The number of anilines is 1. The Balaban J connectivity index is 1.60. The van der Waals surface area contributed by atoms with Crippen LogP contribution < -0.4 is 9.62 Å². The quantitative estimate of drug-likeness (QED) is 0.675. The van der Waals surface area contributed by atoms with Gasteiger partial charge in [-0.25, -0.2) is 8.42 Å². The molecule has 1 saturated heterocycles. The highest BCUT2D eigenvalue weighted by Gasteiger charge is 2.28. The van der Waals surface area contributed by atoms with Gasteiger partial charge in [-0.3, -0.25) is 14.0 Å². The summed E-state index contributed by atoms with van der Waals surface area (Å²) in [6.07, 6.45) is 1.11. The molecule has 1 aliphatic rings. The van der Waals surface area contributed by atoms with E-state index in [1.165, 1.54) is 5.56 Å². The minimum Gasteiger partial charge on any atom is -0.379 e. The van der Waals surface area contributed by atoms with E-state index in [1.807, 2.05) is 31.2 Å². The van der Waals surface area contributed by atoms with Crippen molar-refractivity contribution in [2.75, 3.05) is 36.9 Å². The molecule has 168 valence electrons. The zero-order chi connectivity index (χ0) is 22.4. The van der Waals surface area contributed by atoms with E-state index in [1.54, 1.807) is 19.1 Å². The number of nitrogens with zero attached hydrogens (tertiary/aromatic N) is 2. The van der Waals surface area contributed by atoms with Crippen molar-refractivity contribution in [3.63, 3.8) is 0 Å². The van der Waals surface area contributed by atoms with Crippen LogP contribution in [0, 0.1) is 6.92 Å². The summed E-state index contributed by atoms with van der Waals surface area (Å²) in [6, 6.07) is 14.3. The second-order valence-corrected chi connectivity index (χ2v) is 9.85. The number of hydrogen-bond donors (Lipinski definition) is 1. The Morgan fingerprint density at radius 2 is 1.65 bits per heavy atom. The third-order valence-electron chi connectivity index (χ3n) is 5.38. The van der Waals surface area contributed by atoms with Crippen LogP contribution in [-0.4, -0.2) is 57.8 Å². The Morgan fingerprint density at radius 1 is 1.06 bits per heavy atom. The van der Waals surface area contributed by atoms with Gasteiger partial charge in [-0.15, -0.1) is 0 Å². The molecule has 1 amide bonds. The Hall–Kier alpha value is -2.42. The monoisotopic (exact) mass is 445 g/mol. The second-order valence-electron chi connectivity index (χ2n) is 7.99. The van der Waals surface area contributed by atoms with Crippen LogP contribution in [0.25, 0.3) is 0 Å². The first-order valence-corrected chi connectivity index (χ1v) is 12.3. The first kappa shape index (κ1) is 23.2. The maximum Gasteiger partial charge on any atom is 0.243 e. The molecule has 0 aromatic heterocycles. The van der Waals surface area contributed by atoms with E-state index in [-0.39, 0.29) is 5.91 Å². The number of ether oxygens (including phenoxy) is 1. The van der Waals surface area contributed by atoms with Gasteiger partial charge in [0.1, 0.15) is 6.04 Å². The molecule has 0 radical (unpaired) electrons. The zero-order valence-electron chi connectivity index (χ0n) is 18.4. The predicted molar refractivity (Wildman–Crippen MR) is 122 cm³/mol. The van der Waals surface area contributed by atoms with Crippen LogP contribution in [0.3, 0.4) is 0 Å². The summed E-state index contributed by atoms with van der Waals surface area (Å²) in [5, 5.41) is 2.86. The van der Waals surface area contributed by atoms with Gasteiger partial charge in [0, 0.05) is 26.2 Å². The van der Waals surface area contributed by atoms with Crippen LogP contribution in [0.2, 0.25) is 0 Å². The average molecular weight is 446 g/mol. The van der Waals surface area contributed by atoms with Gasteiger partial charge in [0.05, 0.1) is 25.2 Å². The summed E-state index contributed by atoms with van der Waals surface area (Å²) >= 11 is 0. The van der Waals surface area contributed by atoms with E-state index >= 15 is 0 Å². The van der Waals surface area contributed by atoms with Gasteiger partial charge in [0.25, 0.3) is 0 Å². The predicted octanol–water partition coefficient (Wildman–Crippen LogP) is 2.30. The Labute approximate surface area is 185 Å². The number of carbonyl (C=O) groups is 1. The highest BCUT2D eigenvalue weighted by Crippen LogP contribution is 2.21. The fourth-order valence-corrected chi connectivity index (χ4v) is 4.79. The average Bonchev–Trinajstić information content (AvgIpc) is 2.74. The minimum absolute atomic E-state index is 0.340. The van der Waals surface area contributed by atoms with Crippen molar-refractivity contribution in [3.8, 4) is 0 Å². The lowest BCUT2D eigenvalue weighted by atomic mass is 10.1. The van der Waals surface area contributed by atoms with E-state index in [0.717, 1.165) is 54.5 Å². The van der Waals surface area contributed by atoms with Crippen molar-refractivity contribution >= 4 is 21.6 Å². The van der Waals surface area contributed by atoms with Gasteiger partial charge in [0.15, 0.2) is 0 Å². The molecule has 1 heterocycles. The van der Waals surface area contributed by atoms with Gasteiger partial charge >= 0.3 is 0 Å². The van der Waals surface area contributed by atoms with Crippen molar-refractivity contribution in [2.24, 2.45) is 0 Å². The van der Waals surface area contributed by atoms with Crippen LogP contribution in [0.1, 0.15) is 23.6 Å². The summed E-state index contributed by atoms with van der Waals surface area (Å²) in [5.41, 5.74) is 3.68. The van der Waals surface area contributed by atoms with E-state index in [0.29, 0.717) is 12.2 Å². The molecule has 0 unspecified atom stereocenters. The van der Waals surface area contributed by atoms with Gasteiger partial charge in [-0.2, -0.15) is 0 Å². The number of hydrogen-bond acceptors (Lipinski definition) is 5. The van der Waals surface area contributed by atoms with E-state index in [9.17, 15) is 13.2 Å². The summed E-state index contributed by atoms with van der Waals surface area (Å²) in [4.78, 5) is 15.1.